The van der Waals surface area contributed by atoms with E-state index in [0.29, 0.717) is 24.5 Å². The fraction of sp³-hybridized carbons (Fsp3) is 0.267. The molecular weight excluding hydrogens is 270 g/mol. The van der Waals surface area contributed by atoms with Gasteiger partial charge in [-0.15, -0.1) is 0 Å². The van der Waals surface area contributed by atoms with Crippen LogP contribution in [-0.4, -0.2) is 35.1 Å². The van der Waals surface area contributed by atoms with Crippen LogP contribution in [0.2, 0.25) is 0 Å². The van der Waals surface area contributed by atoms with Gasteiger partial charge in [-0.2, -0.15) is 0 Å². The van der Waals surface area contributed by atoms with Crippen molar-refractivity contribution < 1.29 is 14.3 Å². The molecule has 1 aromatic carbocycles. The Labute approximate surface area is 122 Å². The fourth-order valence-corrected chi connectivity index (χ4v) is 2.04. The molecular formula is C15H15N3O3. The highest BCUT2D eigenvalue weighted by molar-refractivity contribution is 5.81. The Balaban J connectivity index is 1.50. The predicted octanol–water partition coefficient (Wildman–Crippen LogP) is 0.975. The van der Waals surface area contributed by atoms with Crippen LogP contribution in [0.1, 0.15) is 5.69 Å². The van der Waals surface area contributed by atoms with Crippen molar-refractivity contribution in [3.63, 3.8) is 0 Å². The smallest absolute Gasteiger partial charge is 0.264 e. The van der Waals surface area contributed by atoms with Gasteiger partial charge in [0, 0.05) is 31.6 Å². The molecule has 0 unspecified atom stereocenters. The third-order valence-corrected chi connectivity index (χ3v) is 3.10. The van der Waals surface area contributed by atoms with E-state index >= 15 is 0 Å². The number of nitrogens with one attached hydrogen (secondary N) is 1. The molecule has 2 heterocycles. The molecule has 6 heteroatoms. The predicted molar refractivity (Wildman–Crippen MR) is 75.1 cm³/mol. The quantitative estimate of drug-likeness (QED) is 0.906. The number of benzene rings is 1. The third kappa shape index (κ3) is 3.28. The summed E-state index contributed by atoms with van der Waals surface area (Å²) in [5, 5.41) is 2.82. The van der Waals surface area contributed by atoms with Crippen molar-refractivity contribution in [2.24, 2.45) is 0 Å². The van der Waals surface area contributed by atoms with Gasteiger partial charge >= 0.3 is 0 Å². The SMILES string of the molecule is O=C(NCCc1cnccn1)[C@H]1COc2ccccc2O1. The van der Waals surface area contributed by atoms with Crippen molar-refractivity contribution in [2.45, 2.75) is 12.5 Å². The molecule has 0 fully saturated rings. The lowest BCUT2D eigenvalue weighted by molar-refractivity contribution is -0.130. The van der Waals surface area contributed by atoms with Crippen LogP contribution in [0.5, 0.6) is 11.5 Å². The van der Waals surface area contributed by atoms with Crippen LogP contribution in [0.15, 0.2) is 42.9 Å². The van der Waals surface area contributed by atoms with E-state index in [0.717, 1.165) is 5.69 Å². The van der Waals surface area contributed by atoms with Gasteiger partial charge in [0.15, 0.2) is 11.5 Å². The molecule has 2 aromatic rings. The Morgan fingerprint density at radius 3 is 2.95 bits per heavy atom. The molecule has 108 valence electrons. The number of hydrogen-bond donors (Lipinski definition) is 1. The average molecular weight is 285 g/mol. The Bertz CT molecular complexity index is 619. The first-order valence-electron chi connectivity index (χ1n) is 6.74. The van der Waals surface area contributed by atoms with Gasteiger partial charge in [0.1, 0.15) is 6.61 Å². The molecule has 6 nitrogen and oxygen atoms in total. The number of amides is 1. The lowest BCUT2D eigenvalue weighted by Crippen LogP contribution is -2.44. The summed E-state index contributed by atoms with van der Waals surface area (Å²) < 4.78 is 11.1. The fourth-order valence-electron chi connectivity index (χ4n) is 2.04. The lowest BCUT2D eigenvalue weighted by atomic mass is 10.2. The van der Waals surface area contributed by atoms with Crippen molar-refractivity contribution in [3.05, 3.63) is 48.5 Å². The second-order valence-electron chi connectivity index (χ2n) is 4.60. The Hall–Kier alpha value is -2.63. The van der Waals surface area contributed by atoms with Crippen LogP contribution in [0.4, 0.5) is 0 Å². The van der Waals surface area contributed by atoms with E-state index in [1.54, 1.807) is 24.7 Å². The maximum Gasteiger partial charge on any atom is 0.264 e. The number of ether oxygens (including phenoxy) is 2. The van der Waals surface area contributed by atoms with Crippen LogP contribution in [-0.2, 0) is 11.2 Å². The molecule has 0 radical (unpaired) electrons. The summed E-state index contributed by atoms with van der Waals surface area (Å²) in [5.41, 5.74) is 0.837. The number of aromatic nitrogens is 2. The zero-order valence-electron chi connectivity index (χ0n) is 11.4. The second kappa shape index (κ2) is 6.21. The Morgan fingerprint density at radius 2 is 2.14 bits per heavy atom. The van der Waals surface area contributed by atoms with Gasteiger partial charge in [0.25, 0.3) is 5.91 Å². The number of carbonyl (C=O) groups excluding carboxylic acids is 1. The number of hydrogen-bond acceptors (Lipinski definition) is 5. The number of carbonyl (C=O) groups is 1. The van der Waals surface area contributed by atoms with Gasteiger partial charge in [-0.25, -0.2) is 0 Å². The highest BCUT2D eigenvalue weighted by Crippen LogP contribution is 2.30. The standard InChI is InChI=1S/C15H15N3O3/c19-15(18-6-5-11-9-16-7-8-17-11)14-10-20-12-3-1-2-4-13(12)21-14/h1-4,7-9,14H,5-6,10H2,(H,18,19)/t14-/m1/s1. The van der Waals surface area contributed by atoms with Crippen LogP contribution >= 0.6 is 0 Å². The van der Waals surface area contributed by atoms with Crippen molar-refractivity contribution >= 4 is 5.91 Å². The number of fused-ring (bicyclic) bond motifs is 1. The lowest BCUT2D eigenvalue weighted by Gasteiger charge is -2.25. The van der Waals surface area contributed by atoms with E-state index in [-0.39, 0.29) is 12.5 Å². The highest BCUT2D eigenvalue weighted by atomic mass is 16.6. The first kappa shape index (κ1) is 13.4. The summed E-state index contributed by atoms with van der Waals surface area (Å²) in [6, 6.07) is 7.31. The zero-order chi connectivity index (χ0) is 14.5. The minimum absolute atomic E-state index is 0.187. The van der Waals surface area contributed by atoms with Gasteiger partial charge in [0.05, 0.1) is 5.69 Å². The van der Waals surface area contributed by atoms with E-state index in [1.165, 1.54) is 0 Å². The molecule has 1 atom stereocenters. The first-order chi connectivity index (χ1) is 10.3. The minimum Gasteiger partial charge on any atom is -0.485 e. The molecule has 1 aromatic heterocycles. The van der Waals surface area contributed by atoms with Crippen molar-refractivity contribution in [1.82, 2.24) is 15.3 Å². The minimum atomic E-state index is -0.623. The Morgan fingerprint density at radius 1 is 1.29 bits per heavy atom. The number of rotatable bonds is 4. The first-order valence-corrected chi connectivity index (χ1v) is 6.74. The van der Waals surface area contributed by atoms with E-state index in [9.17, 15) is 4.79 Å². The molecule has 21 heavy (non-hydrogen) atoms. The van der Waals surface area contributed by atoms with E-state index in [2.05, 4.69) is 15.3 Å². The monoisotopic (exact) mass is 285 g/mol. The van der Waals surface area contributed by atoms with Crippen LogP contribution in [0.25, 0.3) is 0 Å². The van der Waals surface area contributed by atoms with Gasteiger partial charge in [-0.05, 0) is 12.1 Å². The molecule has 0 aliphatic carbocycles. The van der Waals surface area contributed by atoms with Crippen LogP contribution in [0, 0.1) is 0 Å². The summed E-state index contributed by atoms with van der Waals surface area (Å²) in [6.07, 6.45) is 4.94. The van der Waals surface area contributed by atoms with Crippen molar-refractivity contribution in [3.8, 4) is 11.5 Å². The van der Waals surface area contributed by atoms with Crippen LogP contribution in [0.3, 0.4) is 0 Å². The molecule has 0 bridgehead atoms. The van der Waals surface area contributed by atoms with E-state index < -0.39 is 6.10 Å². The van der Waals surface area contributed by atoms with Crippen molar-refractivity contribution in [2.75, 3.05) is 13.2 Å². The van der Waals surface area contributed by atoms with Gasteiger partial charge in [0.2, 0.25) is 6.10 Å². The molecule has 1 aliphatic heterocycles. The summed E-state index contributed by atoms with van der Waals surface area (Å²) in [7, 11) is 0. The van der Waals surface area contributed by atoms with Gasteiger partial charge in [-0.1, -0.05) is 12.1 Å². The van der Waals surface area contributed by atoms with Crippen LogP contribution < -0.4 is 14.8 Å². The summed E-state index contributed by atoms with van der Waals surface area (Å²) in [4.78, 5) is 20.2. The maximum atomic E-state index is 12.0. The van der Waals surface area contributed by atoms with Crippen molar-refractivity contribution in [1.29, 1.82) is 0 Å². The van der Waals surface area contributed by atoms with Gasteiger partial charge in [-0.3, -0.25) is 14.8 Å². The average Bonchev–Trinajstić information content (AvgIpc) is 2.55. The molecule has 1 amide bonds. The number of para-hydroxylation sites is 2. The largest absolute Gasteiger partial charge is 0.485 e. The molecule has 1 N–H and O–H groups in total. The topological polar surface area (TPSA) is 73.3 Å². The van der Waals surface area contributed by atoms with Gasteiger partial charge < -0.3 is 14.8 Å². The summed E-state index contributed by atoms with van der Waals surface area (Å²) in [6.45, 7) is 0.701. The molecule has 0 saturated carbocycles. The summed E-state index contributed by atoms with van der Waals surface area (Å²) >= 11 is 0. The van der Waals surface area contributed by atoms with E-state index in [1.807, 2.05) is 18.2 Å². The molecule has 0 saturated heterocycles. The molecule has 0 spiro atoms. The second-order valence-corrected chi connectivity index (χ2v) is 4.60. The zero-order valence-corrected chi connectivity index (χ0v) is 11.4. The molecule has 3 rings (SSSR count). The number of nitrogens with zero attached hydrogens (tertiary/aromatic N) is 2. The normalized spacial score (nSPS) is 16.3. The molecule has 1 aliphatic rings. The third-order valence-electron chi connectivity index (χ3n) is 3.10. The highest BCUT2D eigenvalue weighted by Gasteiger charge is 2.26. The maximum absolute atomic E-state index is 12.0. The van der Waals surface area contributed by atoms with E-state index in [4.69, 9.17) is 9.47 Å². The summed E-state index contributed by atoms with van der Waals surface area (Å²) in [5.74, 6) is 1.08. The Kier molecular flexibility index (Phi) is 3.95.